The monoisotopic (exact) mass is 528 g/mol. The van der Waals surface area contributed by atoms with E-state index in [1.165, 1.54) is 6.07 Å². The molecule has 5 nitrogen and oxygen atoms in total. The lowest BCUT2D eigenvalue weighted by Gasteiger charge is -2.19. The minimum Gasteiger partial charge on any atom is -0.361 e. The summed E-state index contributed by atoms with van der Waals surface area (Å²) in [7, 11) is 0. The summed E-state index contributed by atoms with van der Waals surface area (Å²) in [5.41, 5.74) is 3.65. The van der Waals surface area contributed by atoms with Gasteiger partial charge in [0.15, 0.2) is 0 Å². The van der Waals surface area contributed by atoms with E-state index in [2.05, 4.69) is 11.1 Å². The van der Waals surface area contributed by atoms with E-state index in [9.17, 15) is 18.0 Å². The number of carbonyl (C=O) groups excluding carboxylic acids is 1. The van der Waals surface area contributed by atoms with Gasteiger partial charge in [-0.2, -0.15) is 13.2 Å². The fraction of sp³-hybridized carbons (Fsp3) is 0.290. The lowest BCUT2D eigenvalue weighted by Crippen LogP contribution is -2.30. The summed E-state index contributed by atoms with van der Waals surface area (Å²) in [6.45, 7) is 1.61. The van der Waals surface area contributed by atoms with Crippen LogP contribution in [0.2, 0.25) is 0 Å². The van der Waals surface area contributed by atoms with E-state index < -0.39 is 11.7 Å². The Kier molecular flexibility index (Phi) is 5.54. The van der Waals surface area contributed by atoms with E-state index in [4.69, 9.17) is 4.98 Å². The molecule has 198 valence electrons. The standard InChI is InChI=1S/C31H27F3N4O/c32-31(33,34)25-2-1-3-27-28(25)38(18-19-13-15-37(17-19)30(39)22-8-9-22)29(36-27)21-6-4-20(5-7-21)23-10-11-26-24(16-23)12-14-35-26/h1-7,10-12,14,16,19,22,35H,8-9,13,15,17-18H2/t19-/m0/s1. The molecule has 1 aliphatic carbocycles. The Labute approximate surface area is 223 Å². The van der Waals surface area contributed by atoms with Gasteiger partial charge in [-0.05, 0) is 72.0 Å². The zero-order valence-electron chi connectivity index (χ0n) is 21.2. The summed E-state index contributed by atoms with van der Waals surface area (Å²) in [5, 5.41) is 1.11. The van der Waals surface area contributed by atoms with Gasteiger partial charge in [0.1, 0.15) is 5.82 Å². The Morgan fingerprint density at radius 1 is 0.949 bits per heavy atom. The van der Waals surface area contributed by atoms with Crippen molar-refractivity contribution < 1.29 is 18.0 Å². The van der Waals surface area contributed by atoms with Gasteiger partial charge in [0.25, 0.3) is 0 Å². The molecule has 1 saturated carbocycles. The zero-order valence-corrected chi connectivity index (χ0v) is 21.2. The lowest BCUT2D eigenvalue weighted by molar-refractivity contribution is -0.136. The van der Waals surface area contributed by atoms with Crippen molar-refractivity contribution in [3.8, 4) is 22.5 Å². The molecule has 2 aromatic heterocycles. The molecule has 1 N–H and O–H groups in total. The van der Waals surface area contributed by atoms with Crippen LogP contribution in [0.25, 0.3) is 44.5 Å². The van der Waals surface area contributed by atoms with E-state index in [1.807, 2.05) is 53.6 Å². The molecule has 2 fully saturated rings. The van der Waals surface area contributed by atoms with Gasteiger partial charge in [-0.25, -0.2) is 4.98 Å². The highest BCUT2D eigenvalue weighted by Gasteiger charge is 2.38. The number of halogens is 3. The Bertz CT molecular complexity index is 1690. The van der Waals surface area contributed by atoms with Crippen LogP contribution in [0.3, 0.4) is 0 Å². The van der Waals surface area contributed by atoms with Crippen molar-refractivity contribution in [2.45, 2.75) is 32.0 Å². The van der Waals surface area contributed by atoms with E-state index >= 15 is 0 Å². The minimum atomic E-state index is -4.50. The number of hydrogen-bond donors (Lipinski definition) is 1. The first kappa shape index (κ1) is 24.0. The quantitative estimate of drug-likeness (QED) is 0.264. The second-order valence-electron chi connectivity index (χ2n) is 10.8. The van der Waals surface area contributed by atoms with Gasteiger partial charge in [-0.15, -0.1) is 0 Å². The fourth-order valence-electron chi connectivity index (χ4n) is 5.89. The molecule has 0 radical (unpaired) electrons. The number of para-hydroxylation sites is 1. The molecule has 1 atom stereocenters. The third kappa shape index (κ3) is 4.37. The number of likely N-dealkylation sites (tertiary alicyclic amines) is 1. The van der Waals surface area contributed by atoms with Crippen molar-refractivity contribution in [1.82, 2.24) is 19.4 Å². The summed E-state index contributed by atoms with van der Waals surface area (Å²) in [4.78, 5) is 22.4. The van der Waals surface area contributed by atoms with Gasteiger partial charge in [-0.3, -0.25) is 4.79 Å². The molecular formula is C31H27F3N4O. The first-order valence-corrected chi connectivity index (χ1v) is 13.4. The summed E-state index contributed by atoms with van der Waals surface area (Å²) in [6.07, 6.45) is 0.0640. The zero-order chi connectivity index (χ0) is 26.7. The van der Waals surface area contributed by atoms with E-state index in [0.717, 1.165) is 52.9 Å². The van der Waals surface area contributed by atoms with Crippen LogP contribution in [0, 0.1) is 11.8 Å². The van der Waals surface area contributed by atoms with Crippen LogP contribution in [0.15, 0.2) is 72.9 Å². The maximum absolute atomic E-state index is 14.1. The molecule has 1 aliphatic heterocycles. The van der Waals surface area contributed by atoms with Crippen LogP contribution >= 0.6 is 0 Å². The van der Waals surface area contributed by atoms with Crippen LogP contribution in [0.5, 0.6) is 0 Å². The van der Waals surface area contributed by atoms with E-state index in [0.29, 0.717) is 31.0 Å². The van der Waals surface area contributed by atoms with Gasteiger partial charge in [0.05, 0.1) is 16.6 Å². The molecular weight excluding hydrogens is 501 g/mol. The summed E-state index contributed by atoms with van der Waals surface area (Å²) < 4.78 is 44.1. The Morgan fingerprint density at radius 3 is 2.49 bits per heavy atom. The number of H-pyrrole nitrogens is 1. The topological polar surface area (TPSA) is 53.9 Å². The molecule has 0 bridgehead atoms. The predicted molar refractivity (Wildman–Crippen MR) is 145 cm³/mol. The number of fused-ring (bicyclic) bond motifs is 2. The SMILES string of the molecule is O=C(C1CC1)N1CC[C@H](Cn2c(-c3ccc(-c4ccc5[nH]ccc5c4)cc3)nc3cccc(C(F)(F)F)c32)C1. The maximum atomic E-state index is 14.1. The first-order valence-electron chi connectivity index (χ1n) is 13.4. The molecule has 5 aromatic rings. The van der Waals surface area contributed by atoms with Gasteiger partial charge >= 0.3 is 6.18 Å². The van der Waals surface area contributed by atoms with Crippen LogP contribution in [-0.2, 0) is 17.5 Å². The Balaban J connectivity index is 1.27. The fourth-order valence-corrected chi connectivity index (χ4v) is 5.89. The Morgan fingerprint density at radius 2 is 1.72 bits per heavy atom. The molecule has 3 heterocycles. The number of benzene rings is 3. The second-order valence-corrected chi connectivity index (χ2v) is 10.8. The minimum absolute atomic E-state index is 0.0671. The molecule has 7 rings (SSSR count). The van der Waals surface area contributed by atoms with Crippen molar-refractivity contribution >= 4 is 27.8 Å². The van der Waals surface area contributed by atoms with Crippen LogP contribution in [0.1, 0.15) is 24.8 Å². The second kappa shape index (κ2) is 9.00. The smallest absolute Gasteiger partial charge is 0.361 e. The molecule has 2 aliphatic rings. The summed E-state index contributed by atoms with van der Waals surface area (Å²) in [6, 6.07) is 20.2. The van der Waals surface area contributed by atoms with Gasteiger partial charge in [-0.1, -0.05) is 36.4 Å². The number of hydrogen-bond acceptors (Lipinski definition) is 2. The van der Waals surface area contributed by atoms with Crippen molar-refractivity contribution in [1.29, 1.82) is 0 Å². The van der Waals surface area contributed by atoms with Crippen molar-refractivity contribution in [2.24, 2.45) is 11.8 Å². The number of nitrogens with one attached hydrogen (secondary N) is 1. The number of imidazole rings is 1. The average Bonchev–Trinajstić information content (AvgIpc) is 3.32. The summed E-state index contributed by atoms with van der Waals surface area (Å²) >= 11 is 0. The molecule has 3 aromatic carbocycles. The molecule has 0 spiro atoms. The number of rotatable bonds is 5. The number of aromatic nitrogens is 3. The van der Waals surface area contributed by atoms with Gasteiger partial charge in [0, 0.05) is 42.8 Å². The molecule has 1 saturated heterocycles. The number of alkyl halides is 3. The highest BCUT2D eigenvalue weighted by atomic mass is 19.4. The third-order valence-electron chi connectivity index (χ3n) is 8.07. The van der Waals surface area contributed by atoms with Crippen molar-refractivity contribution in [3.63, 3.8) is 0 Å². The summed E-state index contributed by atoms with van der Waals surface area (Å²) in [5.74, 6) is 0.915. The number of carbonyl (C=O) groups is 1. The lowest BCUT2D eigenvalue weighted by atomic mass is 10.0. The number of aromatic amines is 1. The highest BCUT2D eigenvalue weighted by Crippen LogP contribution is 2.39. The molecule has 0 unspecified atom stereocenters. The highest BCUT2D eigenvalue weighted by molar-refractivity contribution is 5.87. The predicted octanol–water partition coefficient (Wildman–Crippen LogP) is 7.13. The molecule has 1 amide bonds. The average molecular weight is 529 g/mol. The van der Waals surface area contributed by atoms with E-state index in [-0.39, 0.29) is 23.3 Å². The van der Waals surface area contributed by atoms with Crippen molar-refractivity contribution in [3.05, 3.63) is 78.5 Å². The van der Waals surface area contributed by atoms with Gasteiger partial charge in [0.2, 0.25) is 5.91 Å². The van der Waals surface area contributed by atoms with Crippen molar-refractivity contribution in [2.75, 3.05) is 13.1 Å². The van der Waals surface area contributed by atoms with Gasteiger partial charge < -0.3 is 14.5 Å². The normalized spacial score (nSPS) is 17.9. The molecule has 8 heteroatoms. The van der Waals surface area contributed by atoms with Crippen LogP contribution in [0.4, 0.5) is 13.2 Å². The largest absolute Gasteiger partial charge is 0.418 e. The van der Waals surface area contributed by atoms with E-state index in [1.54, 1.807) is 10.6 Å². The number of nitrogens with zero attached hydrogens (tertiary/aromatic N) is 3. The van der Waals surface area contributed by atoms with Crippen LogP contribution < -0.4 is 0 Å². The molecule has 39 heavy (non-hydrogen) atoms. The Hall–Kier alpha value is -4.07. The third-order valence-corrected chi connectivity index (χ3v) is 8.07. The first-order chi connectivity index (χ1) is 18.8. The number of amides is 1. The van der Waals surface area contributed by atoms with Crippen LogP contribution in [-0.4, -0.2) is 38.4 Å². The maximum Gasteiger partial charge on any atom is 0.418 e.